The zero-order valence-electron chi connectivity index (χ0n) is 7.32. The van der Waals surface area contributed by atoms with Crippen molar-refractivity contribution in [3.8, 4) is 0 Å². The third-order valence-electron chi connectivity index (χ3n) is 1.97. The van der Waals surface area contributed by atoms with E-state index in [1.165, 1.54) is 0 Å². The molecule has 0 saturated carbocycles. The molecule has 0 spiro atoms. The minimum Gasteiger partial charge on any atom is -0.481 e. The van der Waals surface area contributed by atoms with Crippen LogP contribution in [-0.2, 0) is 4.79 Å². The lowest BCUT2D eigenvalue weighted by Crippen LogP contribution is -2.37. The molecule has 1 rings (SSSR count). The van der Waals surface area contributed by atoms with Crippen molar-refractivity contribution in [2.24, 2.45) is 0 Å². The quantitative estimate of drug-likeness (QED) is 0.716. The second-order valence-corrected chi connectivity index (χ2v) is 4.67. The number of aliphatic carboxylic acids is 1. The average Bonchev–Trinajstić information content (AvgIpc) is 2.01. The van der Waals surface area contributed by atoms with Crippen LogP contribution in [0.15, 0.2) is 0 Å². The van der Waals surface area contributed by atoms with Crippen molar-refractivity contribution in [1.82, 2.24) is 4.90 Å². The van der Waals surface area contributed by atoms with Gasteiger partial charge in [0.25, 0.3) is 0 Å². The standard InChI is InChI=1S/C8H15NO2S/c1-7-6-9(4-5-12-7)3-2-8(10)11/h7H,2-6H2,1H3,(H,10,11). The first-order chi connectivity index (χ1) is 5.68. The molecule has 0 amide bonds. The molecule has 0 bridgehead atoms. The summed E-state index contributed by atoms with van der Waals surface area (Å²) >= 11 is 1.97. The van der Waals surface area contributed by atoms with Gasteiger partial charge in [-0.05, 0) is 0 Å². The summed E-state index contributed by atoms with van der Waals surface area (Å²) in [6, 6.07) is 0. The molecule has 1 saturated heterocycles. The Kier molecular flexibility index (Phi) is 3.88. The van der Waals surface area contributed by atoms with E-state index in [0.717, 1.165) is 18.8 Å². The normalized spacial score (nSPS) is 25.6. The van der Waals surface area contributed by atoms with E-state index in [9.17, 15) is 4.79 Å². The van der Waals surface area contributed by atoms with Gasteiger partial charge in [0, 0.05) is 30.6 Å². The van der Waals surface area contributed by atoms with Crippen LogP contribution in [0, 0.1) is 0 Å². The van der Waals surface area contributed by atoms with E-state index in [1.54, 1.807) is 0 Å². The number of carboxylic acid groups (broad SMARTS) is 1. The SMILES string of the molecule is CC1CN(CCC(=O)O)CCS1. The van der Waals surface area contributed by atoms with E-state index >= 15 is 0 Å². The molecule has 3 nitrogen and oxygen atoms in total. The highest BCUT2D eigenvalue weighted by Crippen LogP contribution is 2.17. The maximum atomic E-state index is 10.3. The molecule has 1 fully saturated rings. The maximum Gasteiger partial charge on any atom is 0.304 e. The Bertz CT molecular complexity index is 163. The van der Waals surface area contributed by atoms with E-state index in [0.29, 0.717) is 11.8 Å². The number of nitrogens with zero attached hydrogens (tertiary/aromatic N) is 1. The van der Waals surface area contributed by atoms with E-state index in [4.69, 9.17) is 5.11 Å². The predicted molar refractivity (Wildman–Crippen MR) is 50.6 cm³/mol. The van der Waals surface area contributed by atoms with Gasteiger partial charge < -0.3 is 10.0 Å². The molecular weight excluding hydrogens is 174 g/mol. The summed E-state index contributed by atoms with van der Waals surface area (Å²) in [7, 11) is 0. The summed E-state index contributed by atoms with van der Waals surface area (Å²) in [5.74, 6) is 0.446. The average molecular weight is 189 g/mol. The van der Waals surface area contributed by atoms with Gasteiger partial charge in [0.05, 0.1) is 6.42 Å². The highest BCUT2D eigenvalue weighted by Gasteiger charge is 2.16. The van der Waals surface area contributed by atoms with Crippen molar-refractivity contribution in [2.75, 3.05) is 25.4 Å². The van der Waals surface area contributed by atoms with Crippen LogP contribution in [0.5, 0.6) is 0 Å². The molecule has 0 aliphatic carbocycles. The van der Waals surface area contributed by atoms with Crippen LogP contribution in [0.4, 0.5) is 0 Å². The van der Waals surface area contributed by atoms with Crippen LogP contribution in [0.25, 0.3) is 0 Å². The van der Waals surface area contributed by atoms with Gasteiger partial charge in [-0.2, -0.15) is 11.8 Å². The fourth-order valence-electron chi connectivity index (χ4n) is 1.35. The molecule has 1 N–H and O–H groups in total. The van der Waals surface area contributed by atoms with Gasteiger partial charge in [0.2, 0.25) is 0 Å². The molecule has 0 aromatic carbocycles. The van der Waals surface area contributed by atoms with Crippen molar-refractivity contribution in [1.29, 1.82) is 0 Å². The predicted octanol–water partition coefficient (Wildman–Crippen LogP) is 0.898. The third-order valence-corrected chi connectivity index (χ3v) is 3.10. The molecule has 1 aliphatic rings. The number of thioether (sulfide) groups is 1. The smallest absolute Gasteiger partial charge is 0.304 e. The fraction of sp³-hybridized carbons (Fsp3) is 0.875. The highest BCUT2D eigenvalue weighted by molar-refractivity contribution is 7.99. The minimum atomic E-state index is -0.694. The van der Waals surface area contributed by atoms with Gasteiger partial charge >= 0.3 is 5.97 Å². The van der Waals surface area contributed by atoms with Crippen LogP contribution in [0.2, 0.25) is 0 Å². The highest BCUT2D eigenvalue weighted by atomic mass is 32.2. The molecule has 0 aromatic heterocycles. The first-order valence-corrected chi connectivity index (χ1v) is 5.29. The fourth-order valence-corrected chi connectivity index (χ4v) is 2.43. The van der Waals surface area contributed by atoms with Gasteiger partial charge in [-0.3, -0.25) is 4.79 Å². The monoisotopic (exact) mass is 189 g/mol. The number of hydrogen-bond donors (Lipinski definition) is 1. The summed E-state index contributed by atoms with van der Waals surface area (Å²) in [5, 5.41) is 9.14. The van der Waals surface area contributed by atoms with E-state index < -0.39 is 5.97 Å². The van der Waals surface area contributed by atoms with Gasteiger partial charge in [0.15, 0.2) is 0 Å². The van der Waals surface area contributed by atoms with Gasteiger partial charge in [-0.15, -0.1) is 0 Å². The van der Waals surface area contributed by atoms with Crippen LogP contribution < -0.4 is 0 Å². The Labute approximate surface area is 77.1 Å². The molecule has 1 aliphatic heterocycles. The van der Waals surface area contributed by atoms with Gasteiger partial charge in [0.1, 0.15) is 0 Å². The number of carboxylic acids is 1. The molecule has 1 unspecified atom stereocenters. The maximum absolute atomic E-state index is 10.3. The summed E-state index contributed by atoms with van der Waals surface area (Å²) in [6.45, 7) is 4.98. The molecule has 70 valence electrons. The summed E-state index contributed by atoms with van der Waals surface area (Å²) in [5.41, 5.74) is 0. The summed E-state index contributed by atoms with van der Waals surface area (Å²) in [4.78, 5) is 12.5. The first kappa shape index (κ1) is 9.86. The van der Waals surface area contributed by atoms with Crippen molar-refractivity contribution in [3.63, 3.8) is 0 Å². The van der Waals surface area contributed by atoms with E-state index in [1.807, 2.05) is 11.8 Å². The molecule has 0 radical (unpaired) electrons. The first-order valence-electron chi connectivity index (χ1n) is 4.24. The molecular formula is C8H15NO2S. The Morgan fingerprint density at radius 1 is 1.75 bits per heavy atom. The van der Waals surface area contributed by atoms with Gasteiger partial charge in [-0.25, -0.2) is 0 Å². The largest absolute Gasteiger partial charge is 0.481 e. The summed E-state index contributed by atoms with van der Waals surface area (Å²) in [6.07, 6.45) is 0.275. The number of hydrogen-bond acceptors (Lipinski definition) is 3. The minimum absolute atomic E-state index is 0.275. The Balaban J connectivity index is 2.18. The van der Waals surface area contributed by atoms with E-state index in [-0.39, 0.29) is 6.42 Å². The van der Waals surface area contributed by atoms with Crippen LogP contribution >= 0.6 is 11.8 Å². The lowest BCUT2D eigenvalue weighted by atomic mass is 10.3. The second kappa shape index (κ2) is 4.72. The lowest BCUT2D eigenvalue weighted by molar-refractivity contribution is -0.137. The zero-order valence-corrected chi connectivity index (χ0v) is 8.14. The number of carbonyl (C=O) groups is 1. The third kappa shape index (κ3) is 3.45. The number of rotatable bonds is 3. The molecule has 12 heavy (non-hydrogen) atoms. The van der Waals surface area contributed by atoms with Gasteiger partial charge in [-0.1, -0.05) is 6.92 Å². The van der Waals surface area contributed by atoms with Crippen LogP contribution in [-0.4, -0.2) is 46.6 Å². The van der Waals surface area contributed by atoms with Crippen molar-refractivity contribution in [2.45, 2.75) is 18.6 Å². The van der Waals surface area contributed by atoms with Crippen LogP contribution in [0.3, 0.4) is 0 Å². The Morgan fingerprint density at radius 2 is 2.50 bits per heavy atom. The molecule has 4 heteroatoms. The van der Waals surface area contributed by atoms with Crippen molar-refractivity contribution < 1.29 is 9.90 Å². The van der Waals surface area contributed by atoms with Crippen LogP contribution in [0.1, 0.15) is 13.3 Å². The molecule has 1 heterocycles. The Morgan fingerprint density at radius 3 is 3.08 bits per heavy atom. The van der Waals surface area contributed by atoms with Crippen molar-refractivity contribution >= 4 is 17.7 Å². The zero-order chi connectivity index (χ0) is 8.97. The van der Waals surface area contributed by atoms with E-state index in [2.05, 4.69) is 11.8 Å². The Hall–Kier alpha value is -0.220. The molecule has 1 atom stereocenters. The second-order valence-electron chi connectivity index (χ2n) is 3.13. The lowest BCUT2D eigenvalue weighted by Gasteiger charge is -2.29. The molecule has 0 aromatic rings. The summed E-state index contributed by atoms with van der Waals surface area (Å²) < 4.78 is 0. The van der Waals surface area contributed by atoms with Crippen molar-refractivity contribution in [3.05, 3.63) is 0 Å². The topological polar surface area (TPSA) is 40.5 Å².